The molecule has 0 aliphatic rings. The van der Waals surface area contributed by atoms with Gasteiger partial charge in [0.2, 0.25) is 0 Å². The Bertz CT molecular complexity index is 1170. The summed E-state index contributed by atoms with van der Waals surface area (Å²) in [5.74, 6) is 10.0. The summed E-state index contributed by atoms with van der Waals surface area (Å²) < 4.78 is 29.6. The zero-order valence-corrected chi connectivity index (χ0v) is 18.5. The Morgan fingerprint density at radius 2 is 1.97 bits per heavy atom. The largest absolute Gasteiger partial charge is 0.384 e. The third kappa shape index (κ3) is 7.25. The Morgan fingerprint density at radius 3 is 2.72 bits per heavy atom. The van der Waals surface area contributed by atoms with E-state index in [4.69, 9.17) is 5.73 Å². The minimum atomic E-state index is -0.717. The fourth-order valence-electron chi connectivity index (χ4n) is 2.87. The van der Waals surface area contributed by atoms with Gasteiger partial charge in [-0.25, -0.2) is 13.8 Å². The first-order chi connectivity index (χ1) is 15.3. The number of aromatic nitrogens is 1. The van der Waals surface area contributed by atoms with E-state index in [1.165, 1.54) is 4.57 Å². The molecule has 1 heterocycles. The summed E-state index contributed by atoms with van der Waals surface area (Å²) in [5, 5.41) is 0. The molecule has 1 aromatic carbocycles. The lowest BCUT2D eigenvalue weighted by molar-refractivity contribution is 0.574. The SMILES string of the molecule is CCC(C)/C=N\C(N)=C/CC#CC#CCC(c1cc(F)ccc1F)c1cccn(C)c1=O. The second-order valence-corrected chi connectivity index (χ2v) is 7.40. The van der Waals surface area contributed by atoms with Crippen molar-refractivity contribution in [2.75, 3.05) is 0 Å². The van der Waals surface area contributed by atoms with Gasteiger partial charge in [-0.15, -0.1) is 0 Å². The molecule has 2 atom stereocenters. The molecule has 32 heavy (non-hydrogen) atoms. The average Bonchev–Trinajstić information content (AvgIpc) is 2.78. The van der Waals surface area contributed by atoms with Crippen LogP contribution in [0.1, 0.15) is 50.2 Å². The maximum Gasteiger partial charge on any atom is 0.254 e. The summed E-state index contributed by atoms with van der Waals surface area (Å²) >= 11 is 0. The number of allylic oxidation sites excluding steroid dienone is 1. The molecule has 4 nitrogen and oxygen atoms in total. The predicted molar refractivity (Wildman–Crippen MR) is 125 cm³/mol. The summed E-state index contributed by atoms with van der Waals surface area (Å²) in [6.45, 7) is 4.13. The minimum Gasteiger partial charge on any atom is -0.384 e. The van der Waals surface area contributed by atoms with E-state index < -0.39 is 17.6 Å². The summed E-state index contributed by atoms with van der Waals surface area (Å²) in [6, 6.07) is 6.50. The van der Waals surface area contributed by atoms with Crippen LogP contribution in [0.25, 0.3) is 0 Å². The van der Waals surface area contributed by atoms with E-state index in [1.807, 2.05) is 0 Å². The molecule has 166 valence electrons. The van der Waals surface area contributed by atoms with Crippen LogP contribution in [-0.4, -0.2) is 10.8 Å². The van der Waals surface area contributed by atoms with Crippen LogP contribution in [0.5, 0.6) is 0 Å². The van der Waals surface area contributed by atoms with Crippen molar-refractivity contribution in [3.8, 4) is 23.7 Å². The van der Waals surface area contributed by atoms with E-state index in [9.17, 15) is 13.6 Å². The minimum absolute atomic E-state index is 0.0884. The lowest BCUT2D eigenvalue weighted by atomic mass is 9.89. The van der Waals surface area contributed by atoms with Gasteiger partial charge in [0.15, 0.2) is 0 Å². The van der Waals surface area contributed by atoms with Gasteiger partial charge in [-0.3, -0.25) is 4.79 Å². The lowest BCUT2D eigenvalue weighted by Crippen LogP contribution is -2.23. The quantitative estimate of drug-likeness (QED) is 0.514. The molecule has 2 aromatic rings. The molecule has 0 saturated carbocycles. The van der Waals surface area contributed by atoms with Crippen molar-refractivity contribution >= 4 is 6.21 Å². The summed E-state index contributed by atoms with van der Waals surface area (Å²) in [6.07, 6.45) is 6.60. The maximum atomic E-state index is 14.4. The zero-order chi connectivity index (χ0) is 23.5. The Hall–Kier alpha value is -3.64. The van der Waals surface area contributed by atoms with Crippen LogP contribution >= 0.6 is 0 Å². The molecule has 0 fully saturated rings. The number of aryl methyl sites for hydroxylation is 1. The molecule has 0 aliphatic heterocycles. The highest BCUT2D eigenvalue weighted by Crippen LogP contribution is 2.28. The van der Waals surface area contributed by atoms with Gasteiger partial charge in [0.25, 0.3) is 5.56 Å². The number of nitrogens with zero attached hydrogens (tertiary/aromatic N) is 2. The molecular formula is C26H27F2N3O. The summed E-state index contributed by atoms with van der Waals surface area (Å²) in [7, 11) is 1.61. The van der Waals surface area contributed by atoms with Gasteiger partial charge in [-0.2, -0.15) is 0 Å². The standard InChI is InChI=1S/C26H27F2N3O/c1-4-19(2)18-30-25(29)13-9-7-5-6-8-11-21(22-12-10-16-31(3)26(22)32)23-17-20(27)14-15-24(23)28/h10,12-19,21H,4,9,11,29H2,1-3H3/b25-13-,30-18-. The fourth-order valence-corrected chi connectivity index (χ4v) is 2.87. The molecule has 2 N–H and O–H groups in total. The molecule has 1 aromatic heterocycles. The van der Waals surface area contributed by atoms with Crippen LogP contribution in [0.15, 0.2) is 58.2 Å². The molecule has 0 radical (unpaired) electrons. The third-order valence-electron chi connectivity index (χ3n) is 4.94. The van der Waals surface area contributed by atoms with Crippen molar-refractivity contribution < 1.29 is 8.78 Å². The predicted octanol–water partition coefficient (Wildman–Crippen LogP) is 4.50. The van der Waals surface area contributed by atoms with E-state index in [1.54, 1.807) is 37.7 Å². The van der Waals surface area contributed by atoms with Gasteiger partial charge in [-0.1, -0.05) is 31.8 Å². The van der Waals surface area contributed by atoms with Crippen LogP contribution in [-0.2, 0) is 7.05 Å². The van der Waals surface area contributed by atoms with Crippen molar-refractivity contribution in [1.29, 1.82) is 0 Å². The first kappa shape index (κ1) is 24.6. The first-order valence-electron chi connectivity index (χ1n) is 10.4. The topological polar surface area (TPSA) is 60.4 Å². The molecule has 6 heteroatoms. The highest BCUT2D eigenvalue weighted by Gasteiger charge is 2.21. The molecule has 0 spiro atoms. The fraction of sp³-hybridized carbons (Fsp3) is 0.308. The van der Waals surface area contributed by atoms with Crippen molar-refractivity contribution in [3.05, 3.63) is 81.5 Å². The number of nitrogens with two attached hydrogens (primary N) is 1. The van der Waals surface area contributed by atoms with Gasteiger partial charge in [0, 0.05) is 43.8 Å². The molecule has 2 rings (SSSR count). The van der Waals surface area contributed by atoms with Crippen LogP contribution < -0.4 is 11.3 Å². The lowest BCUT2D eigenvalue weighted by Gasteiger charge is -2.16. The molecule has 0 aliphatic carbocycles. The van der Waals surface area contributed by atoms with Gasteiger partial charge >= 0.3 is 0 Å². The van der Waals surface area contributed by atoms with Gasteiger partial charge in [0.05, 0.1) is 0 Å². The van der Waals surface area contributed by atoms with Crippen LogP contribution in [0.4, 0.5) is 8.78 Å². The third-order valence-corrected chi connectivity index (χ3v) is 4.94. The Kier molecular flexibility index (Phi) is 9.44. The second kappa shape index (κ2) is 12.3. The average molecular weight is 436 g/mol. The zero-order valence-electron chi connectivity index (χ0n) is 18.5. The number of hydrogen-bond acceptors (Lipinski definition) is 3. The van der Waals surface area contributed by atoms with Crippen LogP contribution in [0, 0.1) is 41.2 Å². The molecule has 2 unspecified atom stereocenters. The number of rotatable bonds is 7. The Labute approximate surface area is 187 Å². The van der Waals surface area contributed by atoms with Crippen molar-refractivity contribution in [2.24, 2.45) is 23.7 Å². The molecule has 0 amide bonds. The monoisotopic (exact) mass is 435 g/mol. The highest BCUT2D eigenvalue weighted by atomic mass is 19.1. The Balaban J connectivity index is 2.19. The van der Waals surface area contributed by atoms with Gasteiger partial charge in [0.1, 0.15) is 17.5 Å². The Morgan fingerprint density at radius 1 is 1.22 bits per heavy atom. The number of halogens is 2. The second-order valence-electron chi connectivity index (χ2n) is 7.40. The van der Waals surface area contributed by atoms with Crippen molar-refractivity contribution in [1.82, 2.24) is 4.57 Å². The van der Waals surface area contributed by atoms with Gasteiger partial charge in [-0.05, 0) is 60.1 Å². The summed E-state index contributed by atoms with van der Waals surface area (Å²) in [4.78, 5) is 16.7. The highest BCUT2D eigenvalue weighted by molar-refractivity contribution is 5.61. The number of pyridine rings is 1. The van der Waals surface area contributed by atoms with Crippen molar-refractivity contribution in [2.45, 2.75) is 39.0 Å². The number of hydrogen-bond donors (Lipinski definition) is 1. The van der Waals surface area contributed by atoms with E-state index in [2.05, 4.69) is 42.5 Å². The van der Waals surface area contributed by atoms with Crippen molar-refractivity contribution in [3.63, 3.8) is 0 Å². The van der Waals surface area contributed by atoms with Gasteiger partial charge < -0.3 is 10.3 Å². The van der Waals surface area contributed by atoms with E-state index in [-0.39, 0.29) is 17.5 Å². The molecular weight excluding hydrogens is 408 g/mol. The first-order valence-corrected chi connectivity index (χ1v) is 10.4. The van der Waals surface area contributed by atoms with Crippen LogP contribution in [0.3, 0.4) is 0 Å². The number of aliphatic imine (C=N–C) groups is 1. The molecule has 0 saturated heterocycles. The normalized spacial score (nSPS) is 13.1. The van der Waals surface area contributed by atoms with E-state index in [0.29, 0.717) is 23.7 Å². The van der Waals surface area contributed by atoms with Crippen LogP contribution in [0.2, 0.25) is 0 Å². The molecule has 0 bridgehead atoms. The van der Waals surface area contributed by atoms with E-state index >= 15 is 0 Å². The smallest absolute Gasteiger partial charge is 0.254 e. The maximum absolute atomic E-state index is 14.4. The summed E-state index contributed by atoms with van der Waals surface area (Å²) in [5.41, 5.74) is 5.95. The van der Waals surface area contributed by atoms with E-state index in [0.717, 1.165) is 24.6 Å². The number of benzene rings is 1.